The van der Waals surface area contributed by atoms with Crippen LogP contribution < -0.4 is 5.73 Å². The maximum atomic E-state index is 14.8. The van der Waals surface area contributed by atoms with Crippen LogP contribution in [0.5, 0.6) is 0 Å². The van der Waals surface area contributed by atoms with E-state index in [0.29, 0.717) is 33.6 Å². The molecule has 0 bridgehead atoms. The summed E-state index contributed by atoms with van der Waals surface area (Å²) < 4.78 is 16.2. The highest BCUT2D eigenvalue weighted by atomic mass is 35.5. The van der Waals surface area contributed by atoms with Gasteiger partial charge in [0.05, 0.1) is 17.4 Å². The molecule has 1 aromatic carbocycles. The van der Waals surface area contributed by atoms with E-state index >= 15 is 0 Å². The second-order valence-electron chi connectivity index (χ2n) is 8.82. The second kappa shape index (κ2) is 8.35. The summed E-state index contributed by atoms with van der Waals surface area (Å²) in [5, 5.41) is 5.26. The smallest absolute Gasteiger partial charge is 0.273 e. The molecule has 176 valence electrons. The first-order valence-electron chi connectivity index (χ1n) is 10.9. The molecule has 3 aromatic rings. The lowest BCUT2D eigenvalue weighted by molar-refractivity contribution is -0.157. The van der Waals surface area contributed by atoms with E-state index in [2.05, 4.69) is 10.1 Å². The van der Waals surface area contributed by atoms with Crippen LogP contribution in [-0.4, -0.2) is 54.6 Å². The topological polar surface area (TPSA) is 114 Å². The van der Waals surface area contributed by atoms with Crippen LogP contribution in [0, 0.1) is 12.8 Å². The summed E-state index contributed by atoms with van der Waals surface area (Å²) in [5.74, 6) is -1.68. The average molecular weight is 485 g/mol. The molecule has 2 aliphatic rings. The first kappa shape index (κ1) is 22.3. The number of pyridine rings is 1. The molecule has 3 atom stereocenters. The van der Waals surface area contributed by atoms with Gasteiger partial charge in [-0.1, -0.05) is 28.2 Å². The van der Waals surface area contributed by atoms with Gasteiger partial charge in [0, 0.05) is 23.0 Å². The fraction of sp³-hybridized carbons (Fsp3) is 0.348. The van der Waals surface area contributed by atoms with Crippen LogP contribution in [0.1, 0.15) is 34.6 Å². The Kier molecular flexibility index (Phi) is 5.47. The molecule has 1 saturated heterocycles. The molecule has 1 saturated carbocycles. The predicted octanol–water partition coefficient (Wildman–Crippen LogP) is 2.39. The number of aromatic nitrogens is 3. The summed E-state index contributed by atoms with van der Waals surface area (Å²) in [6.07, 6.45) is 2.70. The molecule has 3 amide bonds. The maximum absolute atomic E-state index is 14.8. The molecule has 3 heterocycles. The van der Waals surface area contributed by atoms with Crippen molar-refractivity contribution in [2.45, 2.75) is 44.9 Å². The molecule has 0 spiro atoms. The van der Waals surface area contributed by atoms with Gasteiger partial charge in [0.1, 0.15) is 12.6 Å². The predicted molar refractivity (Wildman–Crippen MR) is 121 cm³/mol. The van der Waals surface area contributed by atoms with Crippen LogP contribution in [0.4, 0.5) is 4.48 Å². The summed E-state index contributed by atoms with van der Waals surface area (Å²) in [5.41, 5.74) is 7.23. The molecule has 11 heteroatoms. The van der Waals surface area contributed by atoms with Crippen molar-refractivity contribution in [1.29, 1.82) is 0 Å². The minimum absolute atomic E-state index is 0.0186. The van der Waals surface area contributed by atoms with Crippen LogP contribution in [0.2, 0.25) is 5.02 Å². The highest BCUT2D eigenvalue weighted by Gasteiger charge is 2.56. The van der Waals surface area contributed by atoms with E-state index in [1.807, 2.05) is 0 Å². The lowest BCUT2D eigenvalue weighted by Crippen LogP contribution is -2.48. The number of likely N-dealkylation sites (tertiary alicyclic amines) is 1. The van der Waals surface area contributed by atoms with Gasteiger partial charge in [-0.25, -0.2) is 0 Å². The van der Waals surface area contributed by atoms with Gasteiger partial charge in [0.2, 0.25) is 5.91 Å². The number of hydrogen-bond acceptors (Lipinski definition) is 5. The van der Waals surface area contributed by atoms with Gasteiger partial charge in [0.15, 0.2) is 5.69 Å². The van der Waals surface area contributed by atoms with Crippen LogP contribution in [0.25, 0.3) is 10.9 Å². The number of rotatable bonds is 6. The third-order valence-corrected chi connectivity index (χ3v) is 6.65. The zero-order valence-corrected chi connectivity index (χ0v) is 19.1. The van der Waals surface area contributed by atoms with E-state index in [0.717, 1.165) is 6.42 Å². The average Bonchev–Trinajstić information content (AvgIpc) is 3.30. The van der Waals surface area contributed by atoms with Crippen molar-refractivity contribution in [2.75, 3.05) is 0 Å². The molecular weight excluding hydrogens is 463 g/mol. The van der Waals surface area contributed by atoms with Crippen molar-refractivity contribution >= 4 is 40.2 Å². The van der Waals surface area contributed by atoms with Crippen molar-refractivity contribution in [1.82, 2.24) is 24.8 Å². The Bertz CT molecular complexity index is 1330. The summed E-state index contributed by atoms with van der Waals surface area (Å²) >= 11 is 5.95. The Morgan fingerprint density at radius 3 is 2.79 bits per heavy atom. The van der Waals surface area contributed by atoms with E-state index in [9.17, 15) is 18.9 Å². The largest absolute Gasteiger partial charge is 0.364 e. The number of benzene rings is 1. The van der Waals surface area contributed by atoms with E-state index < -0.39 is 17.9 Å². The summed E-state index contributed by atoms with van der Waals surface area (Å²) in [6.45, 7) is 1.31. The van der Waals surface area contributed by atoms with Crippen LogP contribution in [0.15, 0.2) is 36.5 Å². The van der Waals surface area contributed by atoms with Gasteiger partial charge in [-0.15, -0.1) is 0 Å². The van der Waals surface area contributed by atoms with E-state index in [1.54, 1.807) is 37.3 Å². The fourth-order valence-corrected chi connectivity index (χ4v) is 4.97. The number of aryl methyl sites for hydroxylation is 1. The van der Waals surface area contributed by atoms with Crippen molar-refractivity contribution < 1.29 is 18.9 Å². The third kappa shape index (κ3) is 3.98. The normalized spacial score (nSPS) is 20.9. The molecule has 1 aliphatic carbocycles. The van der Waals surface area contributed by atoms with Crippen LogP contribution >= 0.6 is 11.6 Å². The van der Waals surface area contributed by atoms with Crippen LogP contribution in [-0.2, 0) is 22.7 Å². The Hall–Kier alpha value is -3.53. The lowest BCUT2D eigenvalue weighted by atomic mass is 10.1. The number of fused-ring (bicyclic) bond motifs is 2. The number of nitrogens with two attached hydrogens (primary N) is 1. The summed E-state index contributed by atoms with van der Waals surface area (Å²) in [6, 6.07) is 7.35. The Morgan fingerprint density at radius 1 is 1.26 bits per heavy atom. The number of carbonyl (C=O) groups is 3. The molecule has 0 unspecified atom stereocenters. The molecular formula is C23H22ClFN6O3. The third-order valence-electron chi connectivity index (χ3n) is 6.42. The molecule has 2 aromatic heterocycles. The highest BCUT2D eigenvalue weighted by Crippen LogP contribution is 2.48. The van der Waals surface area contributed by atoms with E-state index in [1.165, 1.54) is 15.8 Å². The number of carbonyl (C=O) groups excluding carboxylic acids is 3. The molecule has 9 nitrogen and oxygen atoms in total. The van der Waals surface area contributed by atoms with Gasteiger partial charge < -0.3 is 10.6 Å². The number of piperidine rings is 1. The monoisotopic (exact) mass is 484 g/mol. The maximum Gasteiger partial charge on any atom is 0.273 e. The minimum Gasteiger partial charge on any atom is -0.364 e. The molecule has 34 heavy (non-hydrogen) atoms. The number of hydrogen-bond donors (Lipinski definition) is 1. The van der Waals surface area contributed by atoms with Gasteiger partial charge >= 0.3 is 0 Å². The Balaban J connectivity index is 1.37. The fourth-order valence-electron chi connectivity index (χ4n) is 4.75. The molecule has 0 radical (unpaired) electrons. The van der Waals surface area contributed by atoms with Crippen molar-refractivity contribution in [2.24, 2.45) is 11.7 Å². The molecule has 2 N–H and O–H groups in total. The van der Waals surface area contributed by atoms with Gasteiger partial charge in [0.25, 0.3) is 11.8 Å². The molecule has 1 aliphatic heterocycles. The van der Waals surface area contributed by atoms with E-state index in [4.69, 9.17) is 17.3 Å². The number of primary amides is 1. The zero-order chi connectivity index (χ0) is 24.1. The highest BCUT2D eigenvalue weighted by molar-refractivity contribution is 6.30. The number of nitrogens with zero attached hydrogens (tertiary/aromatic N) is 5. The lowest BCUT2D eigenvalue weighted by Gasteiger charge is -2.28. The van der Waals surface area contributed by atoms with Gasteiger partial charge in [-0.05, 0) is 49.4 Å². The van der Waals surface area contributed by atoms with E-state index in [-0.39, 0.29) is 41.8 Å². The summed E-state index contributed by atoms with van der Waals surface area (Å²) in [7, 11) is 0. The zero-order valence-electron chi connectivity index (χ0n) is 18.3. The molecule has 5 rings (SSSR count). The Labute approximate surface area is 199 Å². The van der Waals surface area contributed by atoms with Crippen LogP contribution in [0.3, 0.4) is 0 Å². The van der Waals surface area contributed by atoms with Crippen molar-refractivity contribution in [3.8, 4) is 0 Å². The van der Waals surface area contributed by atoms with Crippen molar-refractivity contribution in [3.63, 3.8) is 0 Å². The van der Waals surface area contributed by atoms with Crippen molar-refractivity contribution in [3.05, 3.63) is 58.5 Å². The first-order valence-corrected chi connectivity index (χ1v) is 11.3. The standard InChI is InChI=1S/C23H22ClFN6O3/c1-12-5-18-16(9-27-12)21(22(26)33)28-30(18)11-20(32)31-17-7-14(17)8-19(31)23(34)29(25)10-13-3-2-4-15(24)6-13/h2-6,9,14,17,19H,7-8,10-11H2,1H3,(H2,26,33)/t14-,17-,19+/m1/s1. The number of halogens is 2. The van der Waals surface area contributed by atoms with Gasteiger partial charge in [-0.3, -0.25) is 24.0 Å². The summed E-state index contributed by atoms with van der Waals surface area (Å²) in [4.78, 5) is 43.7. The quantitative estimate of drug-likeness (QED) is 0.539. The van der Waals surface area contributed by atoms with Gasteiger partial charge in [-0.2, -0.15) is 10.2 Å². The Morgan fingerprint density at radius 2 is 2.06 bits per heavy atom. The first-order chi connectivity index (χ1) is 16.2. The number of amides is 3. The SMILES string of the molecule is Cc1cc2c(cn1)c(C(N)=O)nn2CC(=O)N1[C@@H]2C[C@@H]2C[C@H]1C(=O)N(F)Cc1cccc(Cl)c1. The molecule has 2 fully saturated rings. The minimum atomic E-state index is -0.888. The second-order valence-corrected chi connectivity index (χ2v) is 9.25.